The molecular formula is C15H17FNO2S+. The lowest BCUT2D eigenvalue weighted by atomic mass is 10.1. The lowest BCUT2D eigenvalue weighted by Gasteiger charge is -2.15. The number of hydrogen-bond acceptors (Lipinski definition) is 2. The Bertz CT molecular complexity index is 679. The largest absolute Gasteiger partial charge is 0.356 e. The Kier molecular flexibility index (Phi) is 4.20. The number of benzene rings is 2. The quantitative estimate of drug-likeness (QED) is 0.936. The molecule has 2 aromatic carbocycles. The Morgan fingerprint density at radius 1 is 1.05 bits per heavy atom. The third-order valence-corrected chi connectivity index (χ3v) is 5.41. The van der Waals surface area contributed by atoms with E-state index in [1.807, 2.05) is 6.92 Å². The molecule has 3 nitrogen and oxygen atoms in total. The molecular weight excluding hydrogens is 277 g/mol. The van der Waals surface area contributed by atoms with Crippen LogP contribution in [0, 0.1) is 12.7 Å². The summed E-state index contributed by atoms with van der Waals surface area (Å²) >= 11 is 0. The third-order valence-electron chi connectivity index (χ3n) is 3.23. The van der Waals surface area contributed by atoms with Crippen LogP contribution in [0.3, 0.4) is 0 Å². The van der Waals surface area contributed by atoms with Crippen LogP contribution in [0.2, 0.25) is 0 Å². The third kappa shape index (κ3) is 2.89. The van der Waals surface area contributed by atoms with Crippen molar-refractivity contribution in [1.29, 1.82) is 0 Å². The smallest absolute Gasteiger partial charge is 0.190 e. The topological polar surface area (TPSA) is 61.8 Å². The summed E-state index contributed by atoms with van der Waals surface area (Å²) in [5.41, 5.74) is 5.28. The molecule has 0 saturated carbocycles. The van der Waals surface area contributed by atoms with E-state index in [-0.39, 0.29) is 17.3 Å². The van der Waals surface area contributed by atoms with Gasteiger partial charge in [0.1, 0.15) is 11.1 Å². The second kappa shape index (κ2) is 5.73. The normalized spacial score (nSPS) is 13.2. The summed E-state index contributed by atoms with van der Waals surface area (Å²) in [6, 6.07) is 12.2. The number of halogens is 1. The second-order valence-corrected chi connectivity index (χ2v) is 6.82. The van der Waals surface area contributed by atoms with Gasteiger partial charge in [0.05, 0.1) is 11.4 Å². The molecule has 3 N–H and O–H groups in total. The summed E-state index contributed by atoms with van der Waals surface area (Å²) in [6.45, 7) is 2.09. The molecule has 0 radical (unpaired) electrons. The number of sulfone groups is 1. The van der Waals surface area contributed by atoms with E-state index in [2.05, 4.69) is 5.73 Å². The summed E-state index contributed by atoms with van der Waals surface area (Å²) in [5.74, 6) is -0.385. The average molecular weight is 294 g/mol. The molecule has 0 aliphatic carbocycles. The van der Waals surface area contributed by atoms with Crippen molar-refractivity contribution < 1.29 is 18.5 Å². The molecule has 20 heavy (non-hydrogen) atoms. The maximum absolute atomic E-state index is 13.0. The predicted octanol–water partition coefficient (Wildman–Crippen LogP) is 1.89. The zero-order valence-electron chi connectivity index (χ0n) is 11.2. The monoisotopic (exact) mass is 294 g/mol. The first-order valence-electron chi connectivity index (χ1n) is 6.30. The molecule has 0 bridgehead atoms. The Hall–Kier alpha value is -1.72. The van der Waals surface area contributed by atoms with Crippen molar-refractivity contribution in [2.24, 2.45) is 0 Å². The summed E-state index contributed by atoms with van der Waals surface area (Å²) in [4.78, 5) is 0.265. The zero-order chi connectivity index (χ0) is 14.8. The van der Waals surface area contributed by atoms with Crippen molar-refractivity contribution in [3.63, 3.8) is 0 Å². The van der Waals surface area contributed by atoms with E-state index in [0.29, 0.717) is 5.56 Å². The van der Waals surface area contributed by atoms with Gasteiger partial charge in [0.25, 0.3) is 0 Å². The Labute approximate surface area is 118 Å². The van der Waals surface area contributed by atoms with Gasteiger partial charge < -0.3 is 5.73 Å². The van der Waals surface area contributed by atoms with Gasteiger partial charge in [0.15, 0.2) is 9.84 Å². The zero-order valence-corrected chi connectivity index (χ0v) is 12.0. The van der Waals surface area contributed by atoms with Crippen molar-refractivity contribution in [3.8, 4) is 0 Å². The van der Waals surface area contributed by atoms with E-state index < -0.39 is 15.1 Å². The maximum Gasteiger partial charge on any atom is 0.190 e. The number of rotatable bonds is 4. The van der Waals surface area contributed by atoms with Crippen molar-refractivity contribution in [3.05, 3.63) is 65.5 Å². The number of quaternary nitrogens is 1. The molecule has 0 aromatic heterocycles. The first-order valence-corrected chi connectivity index (χ1v) is 7.85. The molecule has 0 aliphatic heterocycles. The highest BCUT2D eigenvalue weighted by atomic mass is 32.2. The Balaban J connectivity index is 2.44. The van der Waals surface area contributed by atoms with Crippen LogP contribution in [-0.4, -0.2) is 15.0 Å². The molecule has 0 unspecified atom stereocenters. The first-order chi connectivity index (χ1) is 9.45. The summed E-state index contributed by atoms with van der Waals surface area (Å²) < 4.78 is 38.2. The van der Waals surface area contributed by atoms with Crippen LogP contribution in [-0.2, 0) is 9.84 Å². The highest BCUT2D eigenvalue weighted by Crippen LogP contribution is 2.28. The molecule has 0 spiro atoms. The fourth-order valence-electron chi connectivity index (χ4n) is 2.07. The minimum absolute atomic E-state index is 0.196. The van der Waals surface area contributed by atoms with Crippen LogP contribution in [0.5, 0.6) is 0 Å². The molecule has 0 heterocycles. The second-order valence-electron chi connectivity index (χ2n) is 4.69. The molecule has 106 valence electrons. The molecule has 0 fully saturated rings. The van der Waals surface area contributed by atoms with E-state index in [1.54, 1.807) is 24.3 Å². The van der Waals surface area contributed by atoms with Gasteiger partial charge >= 0.3 is 0 Å². The molecule has 0 aliphatic rings. The van der Waals surface area contributed by atoms with Crippen LogP contribution in [0.1, 0.15) is 16.4 Å². The van der Waals surface area contributed by atoms with Gasteiger partial charge in [-0.15, -0.1) is 0 Å². The van der Waals surface area contributed by atoms with E-state index >= 15 is 0 Å². The van der Waals surface area contributed by atoms with Crippen molar-refractivity contribution in [1.82, 2.24) is 0 Å². The van der Waals surface area contributed by atoms with Crippen LogP contribution >= 0.6 is 0 Å². The minimum atomic E-state index is -3.52. The van der Waals surface area contributed by atoms with Gasteiger partial charge in [-0.25, -0.2) is 12.8 Å². The van der Waals surface area contributed by atoms with E-state index in [4.69, 9.17) is 0 Å². The Morgan fingerprint density at radius 3 is 2.10 bits per heavy atom. The fraction of sp³-hybridized carbons (Fsp3) is 0.200. The average Bonchev–Trinajstić information content (AvgIpc) is 2.42. The molecule has 1 atom stereocenters. The van der Waals surface area contributed by atoms with Gasteiger partial charge in [-0.3, -0.25) is 0 Å². The maximum atomic E-state index is 13.0. The minimum Gasteiger partial charge on any atom is -0.356 e. The van der Waals surface area contributed by atoms with Gasteiger partial charge in [-0.1, -0.05) is 29.8 Å². The van der Waals surface area contributed by atoms with Crippen LogP contribution in [0.15, 0.2) is 53.4 Å². The molecule has 0 amide bonds. The Morgan fingerprint density at radius 2 is 1.60 bits per heavy atom. The van der Waals surface area contributed by atoms with Crippen molar-refractivity contribution >= 4 is 9.84 Å². The molecule has 5 heteroatoms. The van der Waals surface area contributed by atoms with E-state index in [1.165, 1.54) is 24.3 Å². The highest BCUT2D eigenvalue weighted by Gasteiger charge is 2.29. The fourth-order valence-corrected chi connectivity index (χ4v) is 3.74. The highest BCUT2D eigenvalue weighted by molar-refractivity contribution is 7.91. The SMILES string of the molecule is Cc1ccc(S(=O)(=O)[C@@H](C[NH3+])c2ccc(F)cc2)cc1. The molecule has 0 saturated heterocycles. The number of aryl methyl sites for hydroxylation is 1. The van der Waals surface area contributed by atoms with E-state index in [9.17, 15) is 12.8 Å². The summed E-state index contributed by atoms with van der Waals surface area (Å²) in [6.07, 6.45) is 0. The van der Waals surface area contributed by atoms with Crippen molar-refractivity contribution in [2.75, 3.05) is 6.54 Å². The van der Waals surface area contributed by atoms with Crippen LogP contribution < -0.4 is 5.73 Å². The summed E-state index contributed by atoms with van der Waals surface area (Å²) in [7, 11) is -3.52. The lowest BCUT2D eigenvalue weighted by molar-refractivity contribution is -0.367. The number of hydrogen-bond donors (Lipinski definition) is 1. The van der Waals surface area contributed by atoms with Gasteiger partial charge in [-0.05, 0) is 36.8 Å². The van der Waals surface area contributed by atoms with E-state index in [0.717, 1.165) is 5.56 Å². The van der Waals surface area contributed by atoms with Gasteiger partial charge in [-0.2, -0.15) is 0 Å². The predicted molar refractivity (Wildman–Crippen MR) is 75.3 cm³/mol. The molecule has 2 rings (SSSR count). The summed E-state index contributed by atoms with van der Waals surface area (Å²) in [5, 5.41) is -0.759. The lowest BCUT2D eigenvalue weighted by Crippen LogP contribution is -2.54. The molecule has 2 aromatic rings. The van der Waals surface area contributed by atoms with Gasteiger partial charge in [0.2, 0.25) is 0 Å². The van der Waals surface area contributed by atoms with Crippen LogP contribution in [0.4, 0.5) is 4.39 Å². The van der Waals surface area contributed by atoms with Crippen LogP contribution in [0.25, 0.3) is 0 Å². The first kappa shape index (κ1) is 14.7. The van der Waals surface area contributed by atoms with Crippen molar-refractivity contribution in [2.45, 2.75) is 17.1 Å². The standard InChI is InChI=1S/C15H16FNO2S/c1-11-2-8-14(9-3-11)20(18,19)15(10-17)12-4-6-13(16)7-5-12/h2-9,15H,10,17H2,1H3/p+1/t15-/m0/s1. The van der Waals surface area contributed by atoms with Gasteiger partial charge in [0, 0.05) is 0 Å².